The Bertz CT molecular complexity index is 626. The molecule has 0 aliphatic carbocycles. The van der Waals surface area contributed by atoms with Crippen LogP contribution >= 0.6 is 0 Å². The molecule has 0 atom stereocenters. The number of halogens is 1. The lowest BCUT2D eigenvalue weighted by atomic mass is 10.2. The maximum Gasteiger partial charge on any atom is 0.292 e. The van der Waals surface area contributed by atoms with Crippen LogP contribution in [0.2, 0.25) is 0 Å². The number of nitro benzene ring substituents is 1. The summed E-state index contributed by atoms with van der Waals surface area (Å²) in [6, 6.07) is 3.23. The number of nitrogen functional groups attached to an aromatic ring is 1. The predicted molar refractivity (Wildman–Crippen MR) is 68.0 cm³/mol. The lowest BCUT2D eigenvalue weighted by molar-refractivity contribution is -0.384. The predicted octanol–water partition coefficient (Wildman–Crippen LogP) is 1.66. The summed E-state index contributed by atoms with van der Waals surface area (Å²) >= 11 is 0. The third kappa shape index (κ3) is 2.62. The van der Waals surface area contributed by atoms with Gasteiger partial charge in [0.1, 0.15) is 17.3 Å². The Morgan fingerprint density at radius 3 is 2.89 bits per heavy atom. The van der Waals surface area contributed by atoms with Crippen molar-refractivity contribution in [3.63, 3.8) is 0 Å². The number of nitrogens with two attached hydrogens (primary N) is 1. The van der Waals surface area contributed by atoms with Crippen molar-refractivity contribution in [2.75, 3.05) is 11.1 Å². The number of hydrogen-bond donors (Lipinski definition) is 2. The van der Waals surface area contributed by atoms with Gasteiger partial charge in [-0.1, -0.05) is 0 Å². The molecule has 0 aliphatic rings. The minimum absolute atomic E-state index is 0.105. The highest BCUT2D eigenvalue weighted by Crippen LogP contribution is 2.25. The largest absolute Gasteiger partial charge is 0.384 e. The van der Waals surface area contributed by atoms with E-state index >= 15 is 0 Å². The van der Waals surface area contributed by atoms with E-state index in [2.05, 4.69) is 10.4 Å². The molecule has 2 aromatic rings. The second-order valence-electron chi connectivity index (χ2n) is 3.95. The van der Waals surface area contributed by atoms with Crippen molar-refractivity contribution in [2.24, 2.45) is 7.05 Å². The first-order valence-electron chi connectivity index (χ1n) is 5.43. The zero-order valence-corrected chi connectivity index (χ0v) is 10.1. The first-order valence-corrected chi connectivity index (χ1v) is 5.43. The molecule has 0 radical (unpaired) electrons. The van der Waals surface area contributed by atoms with Crippen molar-refractivity contribution in [1.29, 1.82) is 0 Å². The van der Waals surface area contributed by atoms with E-state index in [9.17, 15) is 14.5 Å². The molecule has 1 aromatic carbocycles. The first-order chi connectivity index (χ1) is 8.99. The van der Waals surface area contributed by atoms with Crippen LogP contribution in [0, 0.1) is 15.9 Å². The van der Waals surface area contributed by atoms with Crippen LogP contribution in [0.1, 0.15) is 5.56 Å². The average molecular weight is 265 g/mol. The van der Waals surface area contributed by atoms with Crippen molar-refractivity contribution >= 4 is 17.2 Å². The number of benzene rings is 1. The fourth-order valence-corrected chi connectivity index (χ4v) is 1.63. The Hall–Kier alpha value is -2.64. The molecular weight excluding hydrogens is 253 g/mol. The molecule has 0 bridgehead atoms. The van der Waals surface area contributed by atoms with Crippen molar-refractivity contribution in [1.82, 2.24) is 9.78 Å². The molecule has 1 heterocycles. The van der Waals surface area contributed by atoms with Crippen molar-refractivity contribution < 1.29 is 9.31 Å². The van der Waals surface area contributed by atoms with Crippen LogP contribution in [-0.2, 0) is 13.6 Å². The van der Waals surface area contributed by atoms with E-state index in [4.69, 9.17) is 5.73 Å². The summed E-state index contributed by atoms with van der Waals surface area (Å²) in [4.78, 5) is 10.2. The molecule has 19 heavy (non-hydrogen) atoms. The molecule has 0 saturated carbocycles. The van der Waals surface area contributed by atoms with E-state index in [1.54, 1.807) is 13.2 Å². The highest BCUT2D eigenvalue weighted by molar-refractivity contribution is 5.62. The van der Waals surface area contributed by atoms with Gasteiger partial charge in [-0.15, -0.1) is 0 Å². The lowest BCUT2D eigenvalue weighted by Crippen LogP contribution is -2.05. The molecule has 2 rings (SSSR count). The lowest BCUT2D eigenvalue weighted by Gasteiger charge is -2.06. The highest BCUT2D eigenvalue weighted by atomic mass is 19.1. The molecular formula is C11H12FN5O2. The maximum absolute atomic E-state index is 13.1. The molecule has 0 fully saturated rings. The highest BCUT2D eigenvalue weighted by Gasteiger charge is 2.15. The van der Waals surface area contributed by atoms with Gasteiger partial charge in [-0.3, -0.25) is 14.8 Å². The minimum atomic E-state index is -0.575. The zero-order valence-electron chi connectivity index (χ0n) is 10.1. The molecule has 0 unspecified atom stereocenters. The number of anilines is 2. The molecule has 7 nitrogen and oxygen atoms in total. The first kappa shape index (κ1) is 12.8. The van der Waals surface area contributed by atoms with Gasteiger partial charge in [0.05, 0.1) is 11.1 Å². The third-order valence-corrected chi connectivity index (χ3v) is 2.69. The molecule has 0 amide bonds. The fourth-order valence-electron chi connectivity index (χ4n) is 1.63. The summed E-state index contributed by atoms with van der Waals surface area (Å²) in [7, 11) is 1.68. The topological polar surface area (TPSA) is 99.0 Å². The van der Waals surface area contributed by atoms with Crippen LogP contribution in [0.3, 0.4) is 0 Å². The third-order valence-electron chi connectivity index (χ3n) is 2.69. The molecule has 8 heteroatoms. The van der Waals surface area contributed by atoms with Gasteiger partial charge in [0.15, 0.2) is 0 Å². The van der Waals surface area contributed by atoms with Gasteiger partial charge in [-0.05, 0) is 6.07 Å². The number of nitrogens with one attached hydrogen (secondary N) is 1. The van der Waals surface area contributed by atoms with Crippen LogP contribution in [0.25, 0.3) is 0 Å². The van der Waals surface area contributed by atoms with E-state index in [0.29, 0.717) is 11.4 Å². The minimum Gasteiger partial charge on any atom is -0.384 e. The Labute approximate surface area is 108 Å². The van der Waals surface area contributed by atoms with Crippen LogP contribution in [-0.4, -0.2) is 14.7 Å². The molecule has 0 spiro atoms. The summed E-state index contributed by atoms with van der Waals surface area (Å²) in [6.07, 6.45) is 1.55. The van der Waals surface area contributed by atoms with Crippen molar-refractivity contribution in [2.45, 2.75) is 6.54 Å². The van der Waals surface area contributed by atoms with E-state index in [1.807, 2.05) is 0 Å². The number of hydrogen-bond acceptors (Lipinski definition) is 5. The van der Waals surface area contributed by atoms with Crippen LogP contribution < -0.4 is 11.1 Å². The van der Waals surface area contributed by atoms with E-state index < -0.39 is 10.7 Å². The molecule has 3 N–H and O–H groups in total. The Morgan fingerprint density at radius 1 is 1.58 bits per heavy atom. The summed E-state index contributed by atoms with van der Waals surface area (Å²) in [5.41, 5.74) is 6.34. The number of nitrogens with zero attached hydrogens (tertiary/aromatic N) is 3. The number of rotatable bonds is 4. The summed E-state index contributed by atoms with van der Waals surface area (Å²) < 4.78 is 14.6. The Balaban J connectivity index is 2.21. The molecule has 100 valence electrons. The van der Waals surface area contributed by atoms with Gasteiger partial charge >= 0.3 is 0 Å². The summed E-state index contributed by atoms with van der Waals surface area (Å²) in [6.45, 7) is 0.226. The van der Waals surface area contributed by atoms with Gasteiger partial charge < -0.3 is 11.1 Å². The van der Waals surface area contributed by atoms with Crippen LogP contribution in [0.4, 0.5) is 21.6 Å². The van der Waals surface area contributed by atoms with Crippen LogP contribution in [0.15, 0.2) is 24.4 Å². The average Bonchev–Trinajstić information content (AvgIpc) is 2.67. The van der Waals surface area contributed by atoms with Gasteiger partial charge in [0.2, 0.25) is 0 Å². The monoisotopic (exact) mass is 265 g/mol. The second-order valence-corrected chi connectivity index (χ2v) is 3.95. The Kier molecular flexibility index (Phi) is 3.32. The quantitative estimate of drug-likeness (QED) is 0.647. The molecule has 0 aliphatic heterocycles. The standard InChI is InChI=1S/C11H12FN5O2/c1-16-11(13)7(6-15-16)5-14-9-4-8(12)2-3-10(9)17(18)19/h2-4,6,14H,5,13H2,1H3. The van der Waals surface area contributed by atoms with Crippen molar-refractivity contribution in [3.05, 3.63) is 45.9 Å². The maximum atomic E-state index is 13.1. The van der Waals surface area contributed by atoms with Gasteiger partial charge in [0.25, 0.3) is 5.69 Å². The fraction of sp³-hybridized carbons (Fsp3) is 0.182. The van der Waals surface area contributed by atoms with E-state index in [1.165, 1.54) is 4.68 Å². The summed E-state index contributed by atoms with van der Waals surface area (Å²) in [5.74, 6) is -0.0983. The number of aryl methyl sites for hydroxylation is 1. The Morgan fingerprint density at radius 2 is 2.32 bits per heavy atom. The van der Waals surface area contributed by atoms with Gasteiger partial charge in [0, 0.05) is 31.3 Å². The van der Waals surface area contributed by atoms with Gasteiger partial charge in [-0.2, -0.15) is 5.10 Å². The molecule has 0 saturated heterocycles. The SMILES string of the molecule is Cn1ncc(CNc2cc(F)ccc2[N+](=O)[O-])c1N. The van der Waals surface area contributed by atoms with E-state index in [-0.39, 0.29) is 17.9 Å². The zero-order chi connectivity index (χ0) is 14.0. The number of nitro groups is 1. The number of aromatic nitrogens is 2. The second kappa shape index (κ2) is 4.92. The van der Waals surface area contributed by atoms with Crippen LogP contribution in [0.5, 0.6) is 0 Å². The molecule has 1 aromatic heterocycles. The summed E-state index contributed by atoms with van der Waals surface area (Å²) in [5, 5.41) is 17.6. The van der Waals surface area contributed by atoms with Gasteiger partial charge in [-0.25, -0.2) is 4.39 Å². The smallest absolute Gasteiger partial charge is 0.292 e. The van der Waals surface area contributed by atoms with Crippen molar-refractivity contribution in [3.8, 4) is 0 Å². The normalized spacial score (nSPS) is 10.4. The van der Waals surface area contributed by atoms with E-state index in [0.717, 1.165) is 18.2 Å².